The number of benzene rings is 1. The number of aryl methyl sites for hydroxylation is 1. The molecule has 0 bridgehead atoms. The van der Waals surface area contributed by atoms with Gasteiger partial charge in [0, 0.05) is 5.56 Å². The molecule has 1 heterocycles. The number of anilines is 1. The van der Waals surface area contributed by atoms with Gasteiger partial charge in [0.05, 0.1) is 11.3 Å². The number of carbonyl (C=O) groups is 1. The molecule has 82 valence electrons. The quantitative estimate of drug-likeness (QED) is 0.769. The Bertz CT molecular complexity index is 499. The fraction of sp³-hybridized carbons (Fsp3) is 0.167. The van der Waals surface area contributed by atoms with Gasteiger partial charge in [0.1, 0.15) is 0 Å². The second-order valence-corrected chi connectivity index (χ2v) is 3.57. The maximum absolute atomic E-state index is 10.9. The predicted octanol–water partition coefficient (Wildman–Crippen LogP) is 2.03. The third kappa shape index (κ3) is 1.69. The number of hydrogen-bond acceptors (Lipinski definition) is 3. The van der Waals surface area contributed by atoms with E-state index in [1.165, 1.54) is 5.56 Å². The molecular formula is C12H13N3O. The van der Waals surface area contributed by atoms with Gasteiger partial charge >= 0.3 is 0 Å². The summed E-state index contributed by atoms with van der Waals surface area (Å²) in [6.07, 6.45) is 1.72. The van der Waals surface area contributed by atoms with Gasteiger partial charge in [0.25, 0.3) is 0 Å². The van der Waals surface area contributed by atoms with Crippen molar-refractivity contribution in [2.24, 2.45) is 0 Å². The summed E-state index contributed by atoms with van der Waals surface area (Å²) in [6, 6.07) is 7.97. The third-order valence-corrected chi connectivity index (χ3v) is 2.60. The molecule has 0 saturated heterocycles. The maximum atomic E-state index is 10.9. The molecule has 2 aromatic rings. The highest BCUT2D eigenvalue weighted by Crippen LogP contribution is 2.23. The topological polar surface area (TPSA) is 71.8 Å². The lowest BCUT2D eigenvalue weighted by Gasteiger charge is -2.01. The summed E-state index contributed by atoms with van der Waals surface area (Å²) < 4.78 is 0. The zero-order chi connectivity index (χ0) is 11.5. The van der Waals surface area contributed by atoms with Crippen molar-refractivity contribution in [1.82, 2.24) is 10.2 Å². The lowest BCUT2D eigenvalue weighted by Crippen LogP contribution is -1.90. The summed E-state index contributed by atoms with van der Waals surface area (Å²) in [5, 5.41) is 6.60. The molecule has 4 heteroatoms. The van der Waals surface area contributed by atoms with Crippen LogP contribution in [0.3, 0.4) is 0 Å². The van der Waals surface area contributed by atoms with Crippen molar-refractivity contribution in [1.29, 1.82) is 0 Å². The molecule has 0 radical (unpaired) electrons. The van der Waals surface area contributed by atoms with Crippen molar-refractivity contribution in [2.45, 2.75) is 13.3 Å². The van der Waals surface area contributed by atoms with Crippen LogP contribution in [0.15, 0.2) is 24.3 Å². The Morgan fingerprint density at radius 1 is 1.38 bits per heavy atom. The molecule has 0 aliphatic rings. The first-order valence-corrected chi connectivity index (χ1v) is 5.14. The molecule has 0 spiro atoms. The molecule has 0 saturated carbocycles. The summed E-state index contributed by atoms with van der Waals surface area (Å²) >= 11 is 0. The summed E-state index contributed by atoms with van der Waals surface area (Å²) in [6.45, 7) is 2.10. The van der Waals surface area contributed by atoms with E-state index >= 15 is 0 Å². The highest BCUT2D eigenvalue weighted by Gasteiger charge is 2.11. The summed E-state index contributed by atoms with van der Waals surface area (Å²) in [5.41, 5.74) is 8.84. The number of rotatable bonds is 3. The van der Waals surface area contributed by atoms with Crippen molar-refractivity contribution in [3.8, 4) is 11.3 Å². The first-order chi connectivity index (χ1) is 7.76. The Balaban J connectivity index is 2.46. The van der Waals surface area contributed by atoms with Crippen molar-refractivity contribution >= 4 is 12.1 Å². The van der Waals surface area contributed by atoms with E-state index in [0.717, 1.165) is 18.3 Å². The average molecular weight is 215 g/mol. The molecule has 3 N–H and O–H groups in total. The van der Waals surface area contributed by atoms with Crippen molar-refractivity contribution in [3.05, 3.63) is 35.4 Å². The third-order valence-electron chi connectivity index (χ3n) is 2.60. The molecule has 0 fully saturated rings. The molecule has 0 unspecified atom stereocenters. The minimum Gasteiger partial charge on any atom is -0.382 e. The van der Waals surface area contributed by atoms with Crippen LogP contribution < -0.4 is 5.73 Å². The molecule has 4 nitrogen and oxygen atoms in total. The molecule has 0 aliphatic heterocycles. The first-order valence-electron chi connectivity index (χ1n) is 5.14. The second-order valence-electron chi connectivity index (χ2n) is 3.57. The molecule has 16 heavy (non-hydrogen) atoms. The fourth-order valence-electron chi connectivity index (χ4n) is 1.61. The lowest BCUT2D eigenvalue weighted by molar-refractivity contribution is 0.112. The maximum Gasteiger partial charge on any atom is 0.156 e. The molecular weight excluding hydrogens is 202 g/mol. The van der Waals surface area contributed by atoms with E-state index in [4.69, 9.17) is 5.73 Å². The second kappa shape index (κ2) is 4.18. The summed E-state index contributed by atoms with van der Waals surface area (Å²) in [5.74, 6) is 0.240. The van der Waals surface area contributed by atoms with Crippen molar-refractivity contribution in [2.75, 3.05) is 5.73 Å². The highest BCUT2D eigenvalue weighted by atomic mass is 16.1. The Morgan fingerprint density at radius 2 is 2.06 bits per heavy atom. The van der Waals surface area contributed by atoms with E-state index in [1.54, 1.807) is 0 Å². The highest BCUT2D eigenvalue weighted by molar-refractivity contribution is 5.91. The molecule has 2 rings (SSSR count). The Kier molecular flexibility index (Phi) is 2.72. The van der Waals surface area contributed by atoms with Crippen LogP contribution in [-0.4, -0.2) is 16.5 Å². The van der Waals surface area contributed by atoms with Gasteiger partial charge in [-0.3, -0.25) is 9.89 Å². The van der Waals surface area contributed by atoms with Crippen molar-refractivity contribution < 1.29 is 4.79 Å². The van der Waals surface area contributed by atoms with Crippen LogP contribution in [0.2, 0.25) is 0 Å². The first kappa shape index (κ1) is 10.4. The van der Waals surface area contributed by atoms with Crippen LogP contribution in [-0.2, 0) is 6.42 Å². The van der Waals surface area contributed by atoms with Gasteiger partial charge in [-0.1, -0.05) is 31.2 Å². The smallest absolute Gasteiger partial charge is 0.156 e. The number of carbonyl (C=O) groups excluding carboxylic acids is 1. The van der Waals surface area contributed by atoms with Crippen LogP contribution in [0, 0.1) is 0 Å². The van der Waals surface area contributed by atoms with E-state index in [1.807, 2.05) is 24.3 Å². The number of nitrogens with zero attached hydrogens (tertiary/aromatic N) is 1. The van der Waals surface area contributed by atoms with E-state index in [0.29, 0.717) is 11.3 Å². The SMILES string of the molecule is CCc1ccc(-c2[nH]nc(N)c2C=O)cc1. The molecule has 0 amide bonds. The van der Waals surface area contributed by atoms with Crippen LogP contribution >= 0.6 is 0 Å². The standard InChI is InChI=1S/C12H13N3O/c1-2-8-3-5-9(6-4-8)11-10(7-16)12(13)15-14-11/h3-7H,2H2,1H3,(H3,13,14,15). The van der Waals surface area contributed by atoms with E-state index in [2.05, 4.69) is 17.1 Å². The summed E-state index contributed by atoms with van der Waals surface area (Å²) in [7, 11) is 0. The number of hydrogen-bond donors (Lipinski definition) is 2. The van der Waals surface area contributed by atoms with Crippen LogP contribution in [0.5, 0.6) is 0 Å². The Morgan fingerprint density at radius 3 is 2.62 bits per heavy atom. The zero-order valence-electron chi connectivity index (χ0n) is 9.03. The number of aldehydes is 1. The number of nitrogens with one attached hydrogen (secondary N) is 1. The minimum atomic E-state index is 0.240. The monoisotopic (exact) mass is 215 g/mol. The normalized spacial score (nSPS) is 10.3. The molecule has 0 aliphatic carbocycles. The number of nitrogen functional groups attached to an aromatic ring is 1. The van der Waals surface area contributed by atoms with Crippen LogP contribution in [0.1, 0.15) is 22.8 Å². The fourth-order valence-corrected chi connectivity index (χ4v) is 1.61. The van der Waals surface area contributed by atoms with Gasteiger partial charge in [0.15, 0.2) is 12.1 Å². The number of H-pyrrole nitrogens is 1. The van der Waals surface area contributed by atoms with Gasteiger partial charge in [-0.15, -0.1) is 0 Å². The van der Waals surface area contributed by atoms with Gasteiger partial charge in [0.2, 0.25) is 0 Å². The Labute approximate surface area is 93.5 Å². The minimum absolute atomic E-state index is 0.240. The predicted molar refractivity (Wildman–Crippen MR) is 63.2 cm³/mol. The van der Waals surface area contributed by atoms with Crippen molar-refractivity contribution in [3.63, 3.8) is 0 Å². The van der Waals surface area contributed by atoms with Crippen LogP contribution in [0.25, 0.3) is 11.3 Å². The number of nitrogens with two attached hydrogens (primary N) is 1. The molecule has 0 atom stereocenters. The van der Waals surface area contributed by atoms with Crippen LogP contribution in [0.4, 0.5) is 5.82 Å². The van der Waals surface area contributed by atoms with E-state index < -0.39 is 0 Å². The van der Waals surface area contributed by atoms with Gasteiger partial charge in [-0.25, -0.2) is 0 Å². The van der Waals surface area contributed by atoms with Gasteiger partial charge in [-0.2, -0.15) is 5.10 Å². The number of aromatic amines is 1. The largest absolute Gasteiger partial charge is 0.382 e. The lowest BCUT2D eigenvalue weighted by atomic mass is 10.1. The van der Waals surface area contributed by atoms with E-state index in [9.17, 15) is 4.79 Å². The molecule has 1 aromatic carbocycles. The van der Waals surface area contributed by atoms with E-state index in [-0.39, 0.29) is 5.82 Å². The molecule has 1 aromatic heterocycles. The Hall–Kier alpha value is -2.10. The average Bonchev–Trinajstić information content (AvgIpc) is 2.70. The van der Waals surface area contributed by atoms with Gasteiger partial charge in [-0.05, 0) is 12.0 Å². The summed E-state index contributed by atoms with van der Waals surface area (Å²) in [4.78, 5) is 10.9. The number of aromatic nitrogens is 2. The zero-order valence-corrected chi connectivity index (χ0v) is 9.03. The van der Waals surface area contributed by atoms with Gasteiger partial charge < -0.3 is 5.73 Å².